The van der Waals surface area contributed by atoms with Crippen LogP contribution in [0.25, 0.3) is 11.1 Å². The molecule has 0 unspecified atom stereocenters. The molecule has 5 rings (SSSR count). The largest absolute Gasteiger partial charge is 0.392 e. The van der Waals surface area contributed by atoms with Gasteiger partial charge in [0.25, 0.3) is 0 Å². The zero-order chi connectivity index (χ0) is 23.8. The van der Waals surface area contributed by atoms with Gasteiger partial charge in [-0.3, -0.25) is 14.5 Å². The van der Waals surface area contributed by atoms with E-state index in [1.165, 1.54) is 4.24 Å². The third-order valence-corrected chi connectivity index (χ3v) is 10.0. The zero-order valence-corrected chi connectivity index (χ0v) is 21.1. The average molecular weight is 495 g/mol. The number of carbonyl (C=O) groups is 2. The topological polar surface area (TPSA) is 60.9 Å². The fraction of sp³-hybridized carbons (Fsp3) is 0.407. The maximum atomic E-state index is 12.9. The predicted molar refractivity (Wildman–Crippen MR) is 139 cm³/mol. The molecule has 0 aliphatic carbocycles. The molecule has 2 aromatic carbocycles. The number of likely N-dealkylation sites (tertiary alicyclic amines) is 1. The number of aliphatic hydroxyl groups is 1. The van der Waals surface area contributed by atoms with Gasteiger partial charge >= 0.3 is 0 Å². The minimum Gasteiger partial charge on any atom is -0.392 e. The summed E-state index contributed by atoms with van der Waals surface area (Å²) in [5.41, 5.74) is 4.04. The number of fused-ring (bicyclic) bond motifs is 1. The summed E-state index contributed by atoms with van der Waals surface area (Å²) in [6.07, 6.45) is 1.07. The molecule has 178 valence electrons. The average Bonchev–Trinajstić information content (AvgIpc) is 3.41. The molecular formula is C27H30N2O3S2. The Balaban J connectivity index is 1.14. The molecule has 3 aliphatic heterocycles. The second-order valence-corrected chi connectivity index (χ2v) is 11.9. The van der Waals surface area contributed by atoms with Crippen molar-refractivity contribution in [2.24, 2.45) is 5.92 Å². The van der Waals surface area contributed by atoms with Gasteiger partial charge in [0.1, 0.15) is 5.37 Å². The van der Waals surface area contributed by atoms with E-state index >= 15 is 0 Å². The molecule has 1 N–H and O–H groups in total. The van der Waals surface area contributed by atoms with E-state index in [1.807, 2.05) is 73.0 Å². The van der Waals surface area contributed by atoms with Crippen molar-refractivity contribution in [1.82, 2.24) is 9.80 Å². The number of β-lactam (4-membered cyclic amide) rings is 1. The van der Waals surface area contributed by atoms with Crippen LogP contribution in [0.15, 0.2) is 64.5 Å². The number of benzene rings is 2. The van der Waals surface area contributed by atoms with Crippen LogP contribution in [0, 0.1) is 5.92 Å². The number of allylic oxidation sites excluding steroid dienone is 1. The molecule has 0 radical (unpaired) electrons. The molecular weight excluding hydrogens is 464 g/mol. The molecule has 0 bridgehead atoms. The maximum Gasteiger partial charge on any atom is 0.236 e. The van der Waals surface area contributed by atoms with Crippen molar-refractivity contribution < 1.29 is 14.7 Å². The van der Waals surface area contributed by atoms with Crippen molar-refractivity contribution in [2.75, 3.05) is 19.6 Å². The summed E-state index contributed by atoms with van der Waals surface area (Å²) < 4.78 is 1.19. The van der Waals surface area contributed by atoms with E-state index in [2.05, 4.69) is 17.0 Å². The third kappa shape index (κ3) is 4.47. The van der Waals surface area contributed by atoms with Crippen molar-refractivity contribution in [3.05, 3.63) is 70.1 Å². The number of hydrogen-bond donors (Lipinski definition) is 1. The van der Waals surface area contributed by atoms with Crippen LogP contribution in [-0.2, 0) is 4.79 Å². The highest BCUT2D eigenvalue weighted by Crippen LogP contribution is 2.55. The van der Waals surface area contributed by atoms with Crippen molar-refractivity contribution >= 4 is 35.2 Å². The number of amides is 1. The molecule has 2 saturated heterocycles. The first-order valence-corrected chi connectivity index (χ1v) is 13.7. The Labute approximate surface area is 209 Å². The van der Waals surface area contributed by atoms with E-state index in [4.69, 9.17) is 0 Å². The Morgan fingerprint density at radius 3 is 2.56 bits per heavy atom. The highest BCUT2D eigenvalue weighted by atomic mass is 32.2. The first-order valence-electron chi connectivity index (χ1n) is 11.9. The monoisotopic (exact) mass is 494 g/mol. The Morgan fingerprint density at radius 2 is 1.85 bits per heavy atom. The summed E-state index contributed by atoms with van der Waals surface area (Å²) in [5, 5.41) is 10.7. The van der Waals surface area contributed by atoms with E-state index in [1.54, 1.807) is 11.8 Å². The van der Waals surface area contributed by atoms with Crippen LogP contribution < -0.4 is 0 Å². The number of aliphatic hydroxyl groups excluding tert-OH is 1. The highest BCUT2D eigenvalue weighted by molar-refractivity contribution is 8.23. The van der Waals surface area contributed by atoms with E-state index in [9.17, 15) is 14.7 Å². The van der Waals surface area contributed by atoms with Crippen LogP contribution >= 0.6 is 23.5 Å². The smallest absolute Gasteiger partial charge is 0.236 e. The Bertz CT molecular complexity index is 1100. The Kier molecular flexibility index (Phi) is 6.89. The molecule has 0 spiro atoms. The fourth-order valence-electron chi connectivity index (χ4n) is 4.95. The molecule has 0 aromatic heterocycles. The van der Waals surface area contributed by atoms with Crippen molar-refractivity contribution in [1.29, 1.82) is 0 Å². The van der Waals surface area contributed by atoms with Crippen LogP contribution in [0.3, 0.4) is 0 Å². The summed E-state index contributed by atoms with van der Waals surface area (Å²) in [4.78, 5) is 29.5. The lowest BCUT2D eigenvalue weighted by molar-refractivity contribution is -0.153. The molecule has 7 heteroatoms. The maximum absolute atomic E-state index is 12.9. The van der Waals surface area contributed by atoms with E-state index < -0.39 is 6.10 Å². The summed E-state index contributed by atoms with van der Waals surface area (Å²) in [6.45, 7) is 6.14. The molecule has 5 nitrogen and oxygen atoms in total. The number of Topliss-reactive ketones (excluding diaryl/α,β-unsaturated/α-hetero) is 1. The van der Waals surface area contributed by atoms with E-state index in [0.717, 1.165) is 41.9 Å². The normalized spacial score (nSPS) is 25.4. The summed E-state index contributed by atoms with van der Waals surface area (Å²) >= 11 is 3.56. The van der Waals surface area contributed by atoms with Gasteiger partial charge in [-0.25, -0.2) is 0 Å². The molecule has 1 amide bonds. The molecule has 0 saturated carbocycles. The van der Waals surface area contributed by atoms with Crippen molar-refractivity contribution in [3.8, 4) is 11.1 Å². The summed E-state index contributed by atoms with van der Waals surface area (Å²) in [5.74, 6) is -0.0760. The molecule has 4 atom stereocenters. The zero-order valence-electron chi connectivity index (χ0n) is 19.5. The predicted octanol–water partition coefficient (Wildman–Crippen LogP) is 4.84. The lowest BCUT2D eigenvalue weighted by atomic mass is 9.90. The van der Waals surface area contributed by atoms with E-state index in [-0.39, 0.29) is 23.0 Å². The van der Waals surface area contributed by atoms with Gasteiger partial charge < -0.3 is 10.0 Å². The van der Waals surface area contributed by atoms with Gasteiger partial charge in [-0.1, -0.05) is 73.3 Å². The molecule has 3 heterocycles. The number of ketones is 1. The van der Waals surface area contributed by atoms with Crippen molar-refractivity contribution in [3.63, 3.8) is 0 Å². The second-order valence-electron chi connectivity index (χ2n) is 9.22. The minimum absolute atomic E-state index is 0.0443. The lowest BCUT2D eigenvalue weighted by Gasteiger charge is -2.44. The fourth-order valence-corrected chi connectivity index (χ4v) is 8.25. The van der Waals surface area contributed by atoms with Crippen LogP contribution in [0.5, 0.6) is 0 Å². The standard InChI is InChI=1S/C27H30N2O3S2/c1-3-22(30)24-25(32)29-17(2)27(34-26(24)29)33-21-13-14-28(15-21)16-23(31)20-11-9-19(10-12-20)18-7-5-4-6-8-18/h4-12,21-22,24,26,30H,3,13-16H2,1-2H3/t21-,22-,24+,26+/m0/s1. The SMILES string of the molecule is CC[C@H](O)[C@@H]1C(=O)N2C(C)=C(S[C@H]3CCN(CC(=O)c4ccc(-c5ccccc5)cc4)C3)S[C@H]12. The Morgan fingerprint density at radius 1 is 1.15 bits per heavy atom. The van der Waals surface area contributed by atoms with Gasteiger partial charge in [0.15, 0.2) is 5.78 Å². The van der Waals surface area contributed by atoms with Gasteiger partial charge in [-0.05, 0) is 37.4 Å². The van der Waals surface area contributed by atoms with Gasteiger partial charge in [0, 0.05) is 23.1 Å². The number of hydrogen-bond acceptors (Lipinski definition) is 6. The number of nitrogens with zero attached hydrogens (tertiary/aromatic N) is 2. The third-order valence-electron chi connectivity index (χ3n) is 6.99. The number of carbonyl (C=O) groups excluding carboxylic acids is 2. The van der Waals surface area contributed by atoms with Crippen LogP contribution in [0.4, 0.5) is 0 Å². The van der Waals surface area contributed by atoms with Crippen LogP contribution in [0.2, 0.25) is 0 Å². The van der Waals surface area contributed by atoms with Crippen LogP contribution in [-0.4, -0.2) is 63.0 Å². The van der Waals surface area contributed by atoms with Crippen molar-refractivity contribution in [2.45, 2.75) is 43.4 Å². The molecule has 2 fully saturated rings. The first-order chi connectivity index (χ1) is 16.5. The summed E-state index contributed by atoms with van der Waals surface area (Å²) in [6, 6.07) is 18.1. The van der Waals surface area contributed by atoms with Gasteiger partial charge in [-0.2, -0.15) is 0 Å². The number of thioether (sulfide) groups is 2. The Hall–Kier alpha value is -2.06. The minimum atomic E-state index is -0.562. The quantitative estimate of drug-likeness (QED) is 0.419. The lowest BCUT2D eigenvalue weighted by Crippen LogP contribution is -2.60. The van der Waals surface area contributed by atoms with E-state index in [0.29, 0.717) is 18.2 Å². The second kappa shape index (κ2) is 9.90. The van der Waals surface area contributed by atoms with Crippen LogP contribution in [0.1, 0.15) is 37.0 Å². The summed E-state index contributed by atoms with van der Waals surface area (Å²) in [7, 11) is 0. The highest BCUT2D eigenvalue weighted by Gasteiger charge is 2.55. The molecule has 3 aliphatic rings. The molecule has 2 aromatic rings. The van der Waals surface area contributed by atoms with Gasteiger partial charge in [0.2, 0.25) is 5.91 Å². The first kappa shape index (κ1) is 23.7. The molecule has 34 heavy (non-hydrogen) atoms. The van der Waals surface area contributed by atoms with Gasteiger partial charge in [0.05, 0.1) is 22.8 Å². The number of rotatable bonds is 8. The van der Waals surface area contributed by atoms with Gasteiger partial charge in [-0.15, -0.1) is 11.8 Å².